The molecule has 2 aromatic rings. The summed E-state index contributed by atoms with van der Waals surface area (Å²) in [5, 5.41) is 4.10. The van der Waals surface area contributed by atoms with Crippen LogP contribution in [0, 0.1) is 0 Å². The predicted molar refractivity (Wildman–Crippen MR) is 106 cm³/mol. The molecule has 0 saturated carbocycles. The minimum absolute atomic E-state index is 0.123. The molecule has 0 radical (unpaired) electrons. The highest BCUT2D eigenvalue weighted by molar-refractivity contribution is 5.83. The van der Waals surface area contributed by atoms with Crippen LogP contribution in [0.4, 0.5) is 5.69 Å². The number of carbonyl (C=O) groups excluding carboxylic acids is 1. The summed E-state index contributed by atoms with van der Waals surface area (Å²) < 4.78 is 1.32. The Bertz CT molecular complexity index is 870. The molecule has 0 aromatic carbocycles. The summed E-state index contributed by atoms with van der Waals surface area (Å²) in [6.45, 7) is 4.56. The number of carbonyl (C=O) groups is 1. The van der Waals surface area contributed by atoms with Gasteiger partial charge in [-0.25, -0.2) is 4.68 Å². The smallest absolute Gasteiger partial charge is 0.268 e. The van der Waals surface area contributed by atoms with E-state index in [9.17, 15) is 9.59 Å². The van der Waals surface area contributed by atoms with Crippen molar-refractivity contribution in [2.45, 2.75) is 18.9 Å². The maximum Gasteiger partial charge on any atom is 0.268 e. The SMILES string of the molecule is Cn1ncc(N2CCN(C(=O)[C@@H](c3cccnc3)N3CCCC3)CC2)cc1=O. The number of hydrogen-bond donors (Lipinski definition) is 0. The number of aromatic nitrogens is 3. The highest BCUT2D eigenvalue weighted by atomic mass is 16.2. The van der Waals surface area contributed by atoms with Gasteiger partial charge in [0, 0.05) is 51.7 Å². The molecule has 2 aliphatic rings. The molecule has 28 heavy (non-hydrogen) atoms. The molecule has 0 N–H and O–H groups in total. The van der Waals surface area contributed by atoms with Crippen LogP contribution in [0.25, 0.3) is 0 Å². The minimum Gasteiger partial charge on any atom is -0.367 e. The average Bonchev–Trinajstić information content (AvgIpc) is 3.25. The lowest BCUT2D eigenvalue weighted by Gasteiger charge is -2.39. The van der Waals surface area contributed by atoms with Crippen LogP contribution in [-0.2, 0) is 11.8 Å². The maximum absolute atomic E-state index is 13.4. The highest BCUT2D eigenvalue weighted by Gasteiger charge is 2.34. The summed E-state index contributed by atoms with van der Waals surface area (Å²) in [6, 6.07) is 5.24. The first-order valence-corrected chi connectivity index (χ1v) is 9.84. The normalized spacial score (nSPS) is 19.0. The van der Waals surface area contributed by atoms with Crippen molar-refractivity contribution in [1.29, 1.82) is 0 Å². The standard InChI is InChI=1S/C20H26N6O2/c1-23-18(27)13-17(15-22-23)24-9-11-26(12-10-24)20(28)19(25-7-2-3-8-25)16-5-4-6-21-14-16/h4-6,13-15,19H,2-3,7-12H2,1H3/t19-/m1/s1. The van der Waals surface area contributed by atoms with E-state index in [-0.39, 0.29) is 17.5 Å². The molecule has 2 aromatic heterocycles. The predicted octanol–water partition coefficient (Wildman–Crippen LogP) is 0.661. The number of pyridine rings is 1. The van der Waals surface area contributed by atoms with E-state index in [4.69, 9.17) is 0 Å². The van der Waals surface area contributed by atoms with Gasteiger partial charge in [0.2, 0.25) is 5.91 Å². The molecule has 0 unspecified atom stereocenters. The molecule has 0 bridgehead atoms. The first kappa shape index (κ1) is 18.6. The van der Waals surface area contributed by atoms with Crippen LogP contribution >= 0.6 is 0 Å². The van der Waals surface area contributed by atoms with Crippen LogP contribution in [0.1, 0.15) is 24.4 Å². The van der Waals surface area contributed by atoms with E-state index in [1.165, 1.54) is 4.68 Å². The van der Waals surface area contributed by atoms with Crippen molar-refractivity contribution in [1.82, 2.24) is 24.6 Å². The van der Waals surface area contributed by atoms with Gasteiger partial charge in [0.05, 0.1) is 11.9 Å². The zero-order valence-corrected chi connectivity index (χ0v) is 16.2. The summed E-state index contributed by atoms with van der Waals surface area (Å²) in [6.07, 6.45) is 7.53. The number of amides is 1. The Morgan fingerprint density at radius 3 is 2.46 bits per heavy atom. The maximum atomic E-state index is 13.4. The number of rotatable bonds is 4. The molecular weight excluding hydrogens is 356 g/mol. The van der Waals surface area contributed by atoms with E-state index in [2.05, 4.69) is 19.9 Å². The van der Waals surface area contributed by atoms with Crippen LogP contribution in [0.2, 0.25) is 0 Å². The third-order valence-corrected chi connectivity index (χ3v) is 5.65. The fraction of sp³-hybridized carbons (Fsp3) is 0.500. The summed E-state index contributed by atoms with van der Waals surface area (Å²) in [5.41, 5.74) is 1.66. The van der Waals surface area contributed by atoms with Gasteiger partial charge in [-0.1, -0.05) is 6.07 Å². The van der Waals surface area contributed by atoms with Crippen molar-refractivity contribution in [3.63, 3.8) is 0 Å². The van der Waals surface area contributed by atoms with E-state index in [1.54, 1.807) is 25.5 Å². The third kappa shape index (κ3) is 3.77. The number of hydrogen-bond acceptors (Lipinski definition) is 6. The van der Waals surface area contributed by atoms with Crippen molar-refractivity contribution >= 4 is 11.6 Å². The molecule has 4 rings (SSSR count). The third-order valence-electron chi connectivity index (χ3n) is 5.65. The Labute approximate surface area is 164 Å². The zero-order chi connectivity index (χ0) is 19.5. The molecule has 2 saturated heterocycles. The first-order valence-electron chi connectivity index (χ1n) is 9.84. The summed E-state index contributed by atoms with van der Waals surface area (Å²) in [5.74, 6) is 0.150. The molecule has 8 heteroatoms. The Morgan fingerprint density at radius 1 is 1.07 bits per heavy atom. The van der Waals surface area contributed by atoms with Crippen molar-refractivity contribution in [2.75, 3.05) is 44.2 Å². The quantitative estimate of drug-likeness (QED) is 0.774. The van der Waals surface area contributed by atoms with E-state index in [0.717, 1.165) is 37.2 Å². The van der Waals surface area contributed by atoms with Crippen molar-refractivity contribution in [2.24, 2.45) is 7.05 Å². The van der Waals surface area contributed by atoms with Gasteiger partial charge in [-0.05, 0) is 37.6 Å². The largest absolute Gasteiger partial charge is 0.367 e. The van der Waals surface area contributed by atoms with Gasteiger partial charge in [0.15, 0.2) is 0 Å². The molecule has 1 atom stereocenters. The van der Waals surface area contributed by atoms with Crippen LogP contribution in [-0.4, -0.2) is 69.7 Å². The van der Waals surface area contributed by atoms with Gasteiger partial charge in [0.25, 0.3) is 5.56 Å². The second-order valence-corrected chi connectivity index (χ2v) is 7.42. The molecule has 8 nitrogen and oxygen atoms in total. The molecule has 1 amide bonds. The molecule has 0 aliphatic carbocycles. The second kappa shape index (κ2) is 8.10. The van der Waals surface area contributed by atoms with Crippen LogP contribution in [0.15, 0.2) is 41.6 Å². The number of piperazine rings is 1. The Morgan fingerprint density at radius 2 is 1.82 bits per heavy atom. The van der Waals surface area contributed by atoms with Crippen molar-refractivity contribution < 1.29 is 4.79 Å². The fourth-order valence-corrected chi connectivity index (χ4v) is 4.04. The molecule has 148 valence electrons. The Balaban J connectivity index is 1.47. The molecule has 2 fully saturated rings. The summed E-state index contributed by atoms with van der Waals surface area (Å²) in [4.78, 5) is 35.8. The van der Waals surface area contributed by atoms with Crippen LogP contribution in [0.3, 0.4) is 0 Å². The fourth-order valence-electron chi connectivity index (χ4n) is 4.04. The van der Waals surface area contributed by atoms with E-state index in [1.807, 2.05) is 23.2 Å². The minimum atomic E-state index is -0.256. The van der Waals surface area contributed by atoms with Gasteiger partial charge in [-0.15, -0.1) is 0 Å². The van der Waals surface area contributed by atoms with Gasteiger partial charge in [0.1, 0.15) is 6.04 Å². The van der Waals surface area contributed by atoms with Gasteiger partial charge in [-0.3, -0.25) is 19.5 Å². The van der Waals surface area contributed by atoms with E-state index < -0.39 is 0 Å². The highest BCUT2D eigenvalue weighted by Crippen LogP contribution is 2.27. The number of nitrogens with zero attached hydrogens (tertiary/aromatic N) is 6. The van der Waals surface area contributed by atoms with E-state index in [0.29, 0.717) is 26.2 Å². The molecular formula is C20H26N6O2. The van der Waals surface area contributed by atoms with Crippen molar-refractivity contribution in [3.8, 4) is 0 Å². The van der Waals surface area contributed by atoms with Gasteiger partial charge in [-0.2, -0.15) is 5.10 Å². The molecule has 2 aliphatic heterocycles. The Hall–Kier alpha value is -2.74. The number of likely N-dealkylation sites (tertiary alicyclic amines) is 1. The summed E-state index contributed by atoms with van der Waals surface area (Å²) >= 11 is 0. The first-order chi connectivity index (χ1) is 13.6. The number of aryl methyl sites for hydroxylation is 1. The average molecular weight is 382 g/mol. The summed E-state index contributed by atoms with van der Waals surface area (Å²) in [7, 11) is 1.64. The lowest BCUT2D eigenvalue weighted by atomic mass is 10.1. The van der Waals surface area contributed by atoms with E-state index >= 15 is 0 Å². The van der Waals surface area contributed by atoms with Crippen LogP contribution < -0.4 is 10.5 Å². The monoisotopic (exact) mass is 382 g/mol. The molecule has 4 heterocycles. The topological polar surface area (TPSA) is 74.6 Å². The lowest BCUT2D eigenvalue weighted by Crippen LogP contribution is -2.52. The second-order valence-electron chi connectivity index (χ2n) is 7.42. The van der Waals surface area contributed by atoms with Crippen LogP contribution in [0.5, 0.6) is 0 Å². The molecule has 0 spiro atoms. The number of anilines is 1. The van der Waals surface area contributed by atoms with Gasteiger partial charge >= 0.3 is 0 Å². The lowest BCUT2D eigenvalue weighted by molar-refractivity contribution is -0.137. The van der Waals surface area contributed by atoms with Crippen molar-refractivity contribution in [3.05, 3.63) is 52.7 Å². The zero-order valence-electron chi connectivity index (χ0n) is 16.2. The van der Waals surface area contributed by atoms with Gasteiger partial charge < -0.3 is 9.80 Å². The Kier molecular flexibility index (Phi) is 5.38.